The van der Waals surface area contributed by atoms with Crippen molar-refractivity contribution in [3.05, 3.63) is 53.7 Å². The summed E-state index contributed by atoms with van der Waals surface area (Å²) in [6.07, 6.45) is 1.53. The van der Waals surface area contributed by atoms with Gasteiger partial charge in [0.2, 0.25) is 0 Å². The molecule has 0 spiro atoms. The lowest BCUT2D eigenvalue weighted by molar-refractivity contribution is 0.262. The van der Waals surface area contributed by atoms with Gasteiger partial charge in [0, 0.05) is 12.3 Å². The van der Waals surface area contributed by atoms with Gasteiger partial charge >= 0.3 is 6.03 Å². The fraction of sp³-hybridized carbons (Fsp3) is 0.0769. The minimum absolute atomic E-state index is 0.104. The number of nitrogens with one attached hydrogen (secondary N) is 2. The molecule has 0 aliphatic heterocycles. The van der Waals surface area contributed by atoms with E-state index in [0.717, 1.165) is 17.7 Å². The summed E-state index contributed by atoms with van der Waals surface area (Å²) in [7, 11) is 0. The summed E-state index contributed by atoms with van der Waals surface area (Å²) in [5, 5.41) is 4.76. The van der Waals surface area contributed by atoms with Crippen molar-refractivity contribution in [1.82, 2.24) is 4.98 Å². The van der Waals surface area contributed by atoms with Gasteiger partial charge in [0.05, 0.1) is 5.69 Å². The molecule has 2 amide bonds. The molecular formula is C13H11F2N3O. The highest BCUT2D eigenvalue weighted by molar-refractivity contribution is 5.99. The Morgan fingerprint density at radius 2 is 2.00 bits per heavy atom. The van der Waals surface area contributed by atoms with Gasteiger partial charge in [0.15, 0.2) is 0 Å². The molecule has 0 fully saturated rings. The number of aryl methyl sites for hydroxylation is 1. The number of benzene rings is 1. The van der Waals surface area contributed by atoms with Crippen molar-refractivity contribution in [3.8, 4) is 0 Å². The van der Waals surface area contributed by atoms with Crippen LogP contribution in [0, 0.1) is 18.6 Å². The smallest absolute Gasteiger partial charge is 0.305 e. The predicted octanol–water partition coefficient (Wildman–Crippen LogP) is 3.31. The molecule has 0 aliphatic carbocycles. The van der Waals surface area contributed by atoms with Crippen LogP contribution in [0.25, 0.3) is 0 Å². The number of amides is 2. The first-order chi connectivity index (χ1) is 9.06. The number of hydrogen-bond acceptors (Lipinski definition) is 2. The molecule has 98 valence electrons. The van der Waals surface area contributed by atoms with Crippen LogP contribution in [0.2, 0.25) is 0 Å². The Kier molecular flexibility index (Phi) is 3.70. The van der Waals surface area contributed by atoms with Crippen molar-refractivity contribution >= 4 is 17.5 Å². The third-order valence-electron chi connectivity index (χ3n) is 2.42. The number of nitrogens with zero attached hydrogens (tertiary/aromatic N) is 1. The topological polar surface area (TPSA) is 54.0 Å². The van der Waals surface area contributed by atoms with Crippen molar-refractivity contribution in [2.45, 2.75) is 6.92 Å². The number of halogens is 2. The van der Waals surface area contributed by atoms with E-state index in [9.17, 15) is 13.6 Å². The van der Waals surface area contributed by atoms with E-state index in [4.69, 9.17) is 0 Å². The average Bonchev–Trinajstić information content (AvgIpc) is 2.36. The zero-order chi connectivity index (χ0) is 13.8. The summed E-state index contributed by atoms with van der Waals surface area (Å²) in [6, 6.07) is 5.77. The lowest BCUT2D eigenvalue weighted by Crippen LogP contribution is -2.21. The van der Waals surface area contributed by atoms with Crippen LogP contribution in [-0.2, 0) is 0 Å². The highest BCUT2D eigenvalue weighted by Gasteiger charge is 2.09. The van der Waals surface area contributed by atoms with Crippen LogP contribution in [-0.4, -0.2) is 11.0 Å². The molecule has 0 bridgehead atoms. The normalized spacial score (nSPS) is 10.1. The Morgan fingerprint density at radius 3 is 2.68 bits per heavy atom. The molecule has 4 nitrogen and oxygen atoms in total. The lowest BCUT2D eigenvalue weighted by atomic mass is 10.3. The van der Waals surface area contributed by atoms with Crippen LogP contribution >= 0.6 is 0 Å². The first-order valence-corrected chi connectivity index (χ1v) is 5.51. The highest BCUT2D eigenvalue weighted by Crippen LogP contribution is 2.16. The lowest BCUT2D eigenvalue weighted by Gasteiger charge is -2.09. The molecular weight excluding hydrogens is 252 g/mol. The maximum Gasteiger partial charge on any atom is 0.324 e. The van der Waals surface area contributed by atoms with Crippen molar-refractivity contribution in [1.29, 1.82) is 0 Å². The minimum Gasteiger partial charge on any atom is -0.305 e. The van der Waals surface area contributed by atoms with Gasteiger partial charge in [-0.15, -0.1) is 0 Å². The van der Waals surface area contributed by atoms with Crippen molar-refractivity contribution in [2.75, 3.05) is 10.6 Å². The molecule has 2 rings (SSSR count). The Bertz CT molecular complexity index is 617. The molecule has 0 aliphatic rings. The monoisotopic (exact) mass is 263 g/mol. The van der Waals surface area contributed by atoms with E-state index in [1.807, 2.05) is 0 Å². The third kappa shape index (κ3) is 3.25. The van der Waals surface area contributed by atoms with E-state index >= 15 is 0 Å². The number of carbonyl (C=O) groups is 1. The van der Waals surface area contributed by atoms with Gasteiger partial charge in [-0.3, -0.25) is 5.32 Å². The van der Waals surface area contributed by atoms with Gasteiger partial charge in [-0.25, -0.2) is 18.6 Å². The summed E-state index contributed by atoms with van der Waals surface area (Å²) in [5.41, 5.74) is 0.671. The summed E-state index contributed by atoms with van der Waals surface area (Å²) in [5.74, 6) is -1.17. The molecule has 19 heavy (non-hydrogen) atoms. The first-order valence-electron chi connectivity index (χ1n) is 5.51. The number of urea groups is 1. The van der Waals surface area contributed by atoms with Crippen molar-refractivity contribution < 1.29 is 13.6 Å². The van der Waals surface area contributed by atoms with Crippen molar-refractivity contribution in [3.63, 3.8) is 0 Å². The fourth-order valence-electron chi connectivity index (χ4n) is 1.47. The third-order valence-corrected chi connectivity index (χ3v) is 2.42. The zero-order valence-electron chi connectivity index (χ0n) is 10.1. The standard InChI is InChI=1S/C13H11F2N3O/c1-8-3-2-6-16-12(8)18-13(19)17-11-5-4-9(14)7-10(11)15/h2-7H,1H3,(H2,16,17,18,19). The molecule has 1 aromatic heterocycles. The number of pyridine rings is 1. The van der Waals surface area contributed by atoms with Gasteiger partial charge in [-0.05, 0) is 30.7 Å². The van der Waals surface area contributed by atoms with Crippen LogP contribution in [0.5, 0.6) is 0 Å². The quantitative estimate of drug-likeness (QED) is 0.873. The van der Waals surface area contributed by atoms with Crippen LogP contribution < -0.4 is 10.6 Å². The predicted molar refractivity (Wildman–Crippen MR) is 68.0 cm³/mol. The van der Waals surface area contributed by atoms with Gasteiger partial charge < -0.3 is 5.32 Å². The van der Waals surface area contributed by atoms with Gasteiger partial charge in [-0.1, -0.05) is 6.07 Å². The van der Waals surface area contributed by atoms with Crippen molar-refractivity contribution in [2.24, 2.45) is 0 Å². The molecule has 0 saturated heterocycles. The second kappa shape index (κ2) is 5.43. The second-order valence-corrected chi connectivity index (χ2v) is 3.87. The molecule has 1 heterocycles. The van der Waals surface area contributed by atoms with Crippen LogP contribution in [0.4, 0.5) is 25.1 Å². The van der Waals surface area contributed by atoms with E-state index in [1.54, 1.807) is 19.1 Å². The Hall–Kier alpha value is -2.50. The molecule has 0 saturated carbocycles. The van der Waals surface area contributed by atoms with E-state index in [-0.39, 0.29) is 5.69 Å². The van der Waals surface area contributed by atoms with Gasteiger partial charge in [-0.2, -0.15) is 0 Å². The van der Waals surface area contributed by atoms with Crippen LogP contribution in [0.15, 0.2) is 36.5 Å². The Morgan fingerprint density at radius 1 is 1.21 bits per heavy atom. The number of rotatable bonds is 2. The Labute approximate surface area is 108 Å². The van der Waals surface area contributed by atoms with E-state index in [0.29, 0.717) is 11.9 Å². The van der Waals surface area contributed by atoms with E-state index in [2.05, 4.69) is 15.6 Å². The van der Waals surface area contributed by atoms with Crippen LogP contribution in [0.1, 0.15) is 5.56 Å². The Balaban J connectivity index is 2.08. The van der Waals surface area contributed by atoms with E-state index < -0.39 is 17.7 Å². The largest absolute Gasteiger partial charge is 0.324 e. The maximum atomic E-state index is 13.3. The molecule has 0 unspecified atom stereocenters. The first kappa shape index (κ1) is 12.9. The average molecular weight is 263 g/mol. The molecule has 6 heteroatoms. The number of aromatic nitrogens is 1. The maximum absolute atomic E-state index is 13.3. The zero-order valence-corrected chi connectivity index (χ0v) is 10.1. The summed E-state index contributed by atoms with van der Waals surface area (Å²) in [6.45, 7) is 1.78. The molecule has 0 radical (unpaired) electrons. The van der Waals surface area contributed by atoms with E-state index in [1.165, 1.54) is 6.20 Å². The summed E-state index contributed by atoms with van der Waals surface area (Å²) >= 11 is 0. The molecule has 1 aromatic carbocycles. The minimum atomic E-state index is -0.840. The van der Waals surface area contributed by atoms with Gasteiger partial charge in [0.1, 0.15) is 17.5 Å². The van der Waals surface area contributed by atoms with Gasteiger partial charge in [0.25, 0.3) is 0 Å². The number of hydrogen-bond donors (Lipinski definition) is 2. The molecule has 2 aromatic rings. The SMILES string of the molecule is Cc1cccnc1NC(=O)Nc1ccc(F)cc1F. The second-order valence-electron chi connectivity index (χ2n) is 3.87. The number of anilines is 2. The van der Waals surface area contributed by atoms with Crippen LogP contribution in [0.3, 0.4) is 0 Å². The summed E-state index contributed by atoms with van der Waals surface area (Å²) in [4.78, 5) is 15.6. The summed E-state index contributed by atoms with van der Waals surface area (Å²) < 4.78 is 26.0. The number of carbonyl (C=O) groups excluding carboxylic acids is 1. The molecule has 2 N–H and O–H groups in total. The highest BCUT2D eigenvalue weighted by atomic mass is 19.1. The fourth-order valence-corrected chi connectivity index (χ4v) is 1.47. The molecule has 0 atom stereocenters.